The molecule has 104 valence electrons. The summed E-state index contributed by atoms with van der Waals surface area (Å²) in [4.78, 5) is 4.32. The van der Waals surface area contributed by atoms with Crippen LogP contribution in [0.3, 0.4) is 0 Å². The van der Waals surface area contributed by atoms with Crippen LogP contribution in [0.4, 0.5) is 11.5 Å². The molecule has 1 heterocycles. The van der Waals surface area contributed by atoms with Gasteiger partial charge in [0, 0.05) is 11.1 Å². The minimum Gasteiger partial charge on any atom is -0.506 e. The predicted octanol–water partition coefficient (Wildman–Crippen LogP) is 4.97. The van der Waals surface area contributed by atoms with Crippen molar-refractivity contribution in [3.63, 3.8) is 0 Å². The fraction of sp³-hybridized carbons (Fsp3) is 0.118. The second-order valence-electron chi connectivity index (χ2n) is 5.00. The number of pyridine rings is 1. The van der Waals surface area contributed by atoms with Gasteiger partial charge in [0.1, 0.15) is 11.4 Å². The smallest absolute Gasteiger partial charge is 0.174 e. The lowest BCUT2D eigenvalue weighted by molar-refractivity contribution is 0.477. The molecule has 1 N–H and O–H groups in total. The molecular weight excluding hydrogens is 262 g/mol. The largest absolute Gasteiger partial charge is 0.506 e. The fourth-order valence-corrected chi connectivity index (χ4v) is 2.32. The van der Waals surface area contributed by atoms with Crippen LogP contribution in [-0.2, 0) is 0 Å². The molecule has 0 saturated heterocycles. The molecule has 4 nitrogen and oxygen atoms in total. The zero-order valence-corrected chi connectivity index (χ0v) is 11.9. The molecule has 0 radical (unpaired) electrons. The van der Waals surface area contributed by atoms with Crippen molar-refractivity contribution in [3.05, 3.63) is 59.8 Å². The number of aromatic nitrogens is 1. The van der Waals surface area contributed by atoms with Gasteiger partial charge in [0.25, 0.3) is 0 Å². The van der Waals surface area contributed by atoms with Crippen molar-refractivity contribution in [1.82, 2.24) is 4.98 Å². The molecule has 0 atom stereocenters. The first-order valence-electron chi connectivity index (χ1n) is 6.71. The van der Waals surface area contributed by atoms with Crippen molar-refractivity contribution >= 4 is 22.3 Å². The Hall–Kier alpha value is -2.75. The van der Waals surface area contributed by atoms with Gasteiger partial charge in [-0.1, -0.05) is 30.3 Å². The normalized spacial score (nSPS) is 11.3. The van der Waals surface area contributed by atoms with Gasteiger partial charge >= 0.3 is 0 Å². The summed E-state index contributed by atoms with van der Waals surface area (Å²) in [5.41, 5.74) is 2.44. The second-order valence-corrected chi connectivity index (χ2v) is 5.00. The van der Waals surface area contributed by atoms with Crippen molar-refractivity contribution in [2.75, 3.05) is 0 Å². The van der Waals surface area contributed by atoms with Gasteiger partial charge in [0.15, 0.2) is 5.82 Å². The molecule has 0 spiro atoms. The maximum Gasteiger partial charge on any atom is 0.174 e. The summed E-state index contributed by atoms with van der Waals surface area (Å²) < 4.78 is 0. The first-order chi connectivity index (χ1) is 10.1. The van der Waals surface area contributed by atoms with Crippen molar-refractivity contribution in [2.45, 2.75) is 13.8 Å². The standard InChI is InChI=1S/C17H15N3O/c1-11-9-12(2)18-16(10-11)19-20-17-14-6-4-3-5-13(14)7-8-15(17)21/h3-10,21H,1-2H3/b20-19+. The van der Waals surface area contributed by atoms with Crippen LogP contribution in [0.15, 0.2) is 58.8 Å². The number of aromatic hydroxyl groups is 1. The Balaban J connectivity index is 2.08. The van der Waals surface area contributed by atoms with Crippen molar-refractivity contribution in [2.24, 2.45) is 10.2 Å². The lowest BCUT2D eigenvalue weighted by Crippen LogP contribution is -1.82. The van der Waals surface area contributed by atoms with Gasteiger partial charge in [-0.25, -0.2) is 4.98 Å². The number of rotatable bonds is 2. The Labute approximate surface area is 122 Å². The highest BCUT2D eigenvalue weighted by atomic mass is 16.3. The second kappa shape index (κ2) is 5.32. The SMILES string of the molecule is Cc1cc(C)nc(/N=N/c2c(O)ccc3ccccc23)c1. The molecule has 21 heavy (non-hydrogen) atoms. The number of hydrogen-bond donors (Lipinski definition) is 1. The van der Waals surface area contributed by atoms with Crippen LogP contribution in [0.5, 0.6) is 5.75 Å². The van der Waals surface area contributed by atoms with E-state index in [0.29, 0.717) is 11.5 Å². The van der Waals surface area contributed by atoms with E-state index in [1.54, 1.807) is 6.07 Å². The zero-order chi connectivity index (χ0) is 14.8. The predicted molar refractivity (Wildman–Crippen MR) is 83.5 cm³/mol. The molecule has 1 aromatic heterocycles. The van der Waals surface area contributed by atoms with E-state index in [4.69, 9.17) is 0 Å². The van der Waals surface area contributed by atoms with Crippen LogP contribution in [0, 0.1) is 13.8 Å². The lowest BCUT2D eigenvalue weighted by Gasteiger charge is -2.03. The van der Waals surface area contributed by atoms with Crippen LogP contribution < -0.4 is 0 Å². The van der Waals surface area contributed by atoms with Crippen LogP contribution in [0.2, 0.25) is 0 Å². The van der Waals surface area contributed by atoms with E-state index in [1.807, 2.05) is 56.3 Å². The van der Waals surface area contributed by atoms with E-state index in [-0.39, 0.29) is 5.75 Å². The molecule has 3 rings (SSSR count). The van der Waals surface area contributed by atoms with E-state index in [2.05, 4.69) is 15.2 Å². The molecule has 0 aliphatic heterocycles. The number of hydrogen-bond acceptors (Lipinski definition) is 4. The van der Waals surface area contributed by atoms with E-state index < -0.39 is 0 Å². The molecule has 0 aliphatic carbocycles. The van der Waals surface area contributed by atoms with E-state index in [1.165, 1.54) is 0 Å². The first kappa shape index (κ1) is 13.2. The quantitative estimate of drug-likeness (QED) is 0.672. The van der Waals surface area contributed by atoms with Crippen molar-refractivity contribution in [3.8, 4) is 5.75 Å². The third-order valence-corrected chi connectivity index (χ3v) is 3.22. The number of phenolic OH excluding ortho intramolecular Hbond substituents is 1. The number of benzene rings is 2. The molecule has 2 aromatic carbocycles. The molecule has 3 aromatic rings. The van der Waals surface area contributed by atoms with Crippen molar-refractivity contribution < 1.29 is 5.11 Å². The summed E-state index contributed by atoms with van der Waals surface area (Å²) >= 11 is 0. The highest BCUT2D eigenvalue weighted by Gasteiger charge is 2.06. The topological polar surface area (TPSA) is 57.8 Å². The summed E-state index contributed by atoms with van der Waals surface area (Å²) in [5.74, 6) is 0.654. The maximum absolute atomic E-state index is 10.0. The lowest BCUT2D eigenvalue weighted by atomic mass is 10.1. The monoisotopic (exact) mass is 277 g/mol. The average Bonchev–Trinajstić information content (AvgIpc) is 2.45. The van der Waals surface area contributed by atoms with Gasteiger partial charge in [-0.05, 0) is 43.0 Å². The number of aryl methyl sites for hydroxylation is 2. The van der Waals surface area contributed by atoms with Gasteiger partial charge in [-0.15, -0.1) is 10.2 Å². The molecule has 0 bridgehead atoms. The highest BCUT2D eigenvalue weighted by molar-refractivity contribution is 5.95. The summed E-state index contributed by atoms with van der Waals surface area (Å²) in [5, 5.41) is 20.3. The molecular formula is C17H15N3O. The van der Waals surface area contributed by atoms with Gasteiger partial charge < -0.3 is 5.11 Å². The van der Waals surface area contributed by atoms with Gasteiger partial charge in [0.05, 0.1) is 0 Å². The maximum atomic E-state index is 10.0. The number of phenols is 1. The first-order valence-corrected chi connectivity index (χ1v) is 6.71. The Morgan fingerprint density at radius 3 is 2.57 bits per heavy atom. The highest BCUT2D eigenvalue weighted by Crippen LogP contribution is 2.35. The van der Waals surface area contributed by atoms with Crippen LogP contribution in [-0.4, -0.2) is 10.1 Å². The summed E-state index contributed by atoms with van der Waals surface area (Å²) in [6.07, 6.45) is 0. The molecule has 0 amide bonds. The Morgan fingerprint density at radius 1 is 0.952 bits per heavy atom. The number of nitrogens with zero attached hydrogens (tertiary/aromatic N) is 3. The molecule has 0 aliphatic rings. The van der Waals surface area contributed by atoms with Crippen molar-refractivity contribution in [1.29, 1.82) is 0 Å². The third-order valence-electron chi connectivity index (χ3n) is 3.22. The van der Waals surface area contributed by atoms with Crippen LogP contribution in [0.25, 0.3) is 10.8 Å². The number of fused-ring (bicyclic) bond motifs is 1. The molecule has 4 heteroatoms. The van der Waals surface area contributed by atoms with E-state index >= 15 is 0 Å². The van der Waals surface area contributed by atoms with Crippen LogP contribution in [0.1, 0.15) is 11.3 Å². The Kier molecular flexibility index (Phi) is 3.36. The molecule has 0 fully saturated rings. The summed E-state index contributed by atoms with van der Waals surface area (Å²) in [6.45, 7) is 3.91. The van der Waals surface area contributed by atoms with Crippen LogP contribution >= 0.6 is 0 Å². The van der Waals surface area contributed by atoms with E-state index in [0.717, 1.165) is 22.0 Å². The van der Waals surface area contributed by atoms with Gasteiger partial charge in [-0.3, -0.25) is 0 Å². The van der Waals surface area contributed by atoms with E-state index in [9.17, 15) is 5.11 Å². The minimum absolute atomic E-state index is 0.113. The average molecular weight is 277 g/mol. The van der Waals surface area contributed by atoms with Gasteiger partial charge in [-0.2, -0.15) is 0 Å². The Bertz CT molecular complexity index is 820. The third kappa shape index (κ3) is 2.74. The fourth-order valence-electron chi connectivity index (χ4n) is 2.32. The minimum atomic E-state index is 0.113. The number of azo groups is 1. The summed E-state index contributed by atoms with van der Waals surface area (Å²) in [6, 6.07) is 15.1. The molecule has 0 unspecified atom stereocenters. The summed E-state index contributed by atoms with van der Waals surface area (Å²) in [7, 11) is 0. The van der Waals surface area contributed by atoms with Gasteiger partial charge in [0.2, 0.25) is 0 Å². The Morgan fingerprint density at radius 2 is 1.76 bits per heavy atom. The zero-order valence-electron chi connectivity index (χ0n) is 11.9. The molecule has 0 saturated carbocycles.